The van der Waals surface area contributed by atoms with E-state index in [0.29, 0.717) is 23.8 Å². The van der Waals surface area contributed by atoms with Gasteiger partial charge in [-0.2, -0.15) is 0 Å². The lowest BCUT2D eigenvalue weighted by Crippen LogP contribution is -2.29. The molecule has 0 bridgehead atoms. The van der Waals surface area contributed by atoms with Gasteiger partial charge in [-0.05, 0) is 42.7 Å². The molecule has 1 nitrogen and oxygen atoms in total. The Morgan fingerprint density at radius 1 is 1.15 bits per heavy atom. The van der Waals surface area contributed by atoms with Crippen LogP contribution in [0.4, 0.5) is 0 Å². The Kier molecular flexibility index (Phi) is 2.94. The second kappa shape index (κ2) is 4.80. The van der Waals surface area contributed by atoms with E-state index in [1.165, 1.54) is 42.5 Å². The van der Waals surface area contributed by atoms with Crippen molar-refractivity contribution >= 4 is 0 Å². The molecule has 4 aliphatic rings. The minimum Gasteiger partial charge on any atom is -0.381 e. The summed E-state index contributed by atoms with van der Waals surface area (Å²) in [7, 11) is 0. The molecule has 0 aromatic heterocycles. The highest BCUT2D eigenvalue weighted by Crippen LogP contribution is 2.40. The molecule has 4 unspecified atom stereocenters. The van der Waals surface area contributed by atoms with E-state index < -0.39 is 0 Å². The topological polar surface area (TPSA) is 12.0 Å². The zero-order valence-electron chi connectivity index (χ0n) is 12.2. The summed E-state index contributed by atoms with van der Waals surface area (Å²) in [6.07, 6.45) is 21.8. The van der Waals surface area contributed by atoms with Crippen LogP contribution in [0.3, 0.4) is 0 Å². The maximum absolute atomic E-state index is 3.75. The van der Waals surface area contributed by atoms with Crippen LogP contribution >= 0.6 is 0 Å². The van der Waals surface area contributed by atoms with Crippen molar-refractivity contribution in [3.8, 4) is 0 Å². The normalized spacial score (nSPS) is 38.4. The number of rotatable bonds is 1. The maximum atomic E-state index is 3.75. The molecule has 1 heterocycles. The van der Waals surface area contributed by atoms with E-state index in [2.05, 4.69) is 54.8 Å². The Balaban J connectivity index is 1.65. The van der Waals surface area contributed by atoms with Gasteiger partial charge in [0.2, 0.25) is 0 Å². The average Bonchev–Trinajstić information content (AvgIpc) is 2.88. The highest BCUT2D eigenvalue weighted by Gasteiger charge is 2.35. The first-order chi connectivity index (χ1) is 9.83. The lowest BCUT2D eigenvalue weighted by atomic mass is 9.80. The maximum Gasteiger partial charge on any atom is 0.0549 e. The van der Waals surface area contributed by atoms with Crippen molar-refractivity contribution in [1.82, 2.24) is 5.32 Å². The first-order valence-corrected chi connectivity index (χ1v) is 8.06. The van der Waals surface area contributed by atoms with E-state index >= 15 is 0 Å². The third kappa shape index (κ3) is 1.91. The van der Waals surface area contributed by atoms with Crippen LogP contribution in [-0.4, -0.2) is 6.04 Å². The molecule has 0 fully saturated rings. The summed E-state index contributed by atoms with van der Waals surface area (Å²) in [4.78, 5) is 0. The van der Waals surface area contributed by atoms with Gasteiger partial charge >= 0.3 is 0 Å². The molecule has 104 valence electrons. The van der Waals surface area contributed by atoms with Gasteiger partial charge in [-0.1, -0.05) is 49.5 Å². The number of nitrogens with one attached hydrogen (secondary N) is 1. The van der Waals surface area contributed by atoms with Crippen LogP contribution < -0.4 is 5.32 Å². The Labute approximate surface area is 121 Å². The van der Waals surface area contributed by atoms with Crippen LogP contribution in [0.1, 0.15) is 32.6 Å². The summed E-state index contributed by atoms with van der Waals surface area (Å²) < 4.78 is 0. The Hall–Kier alpha value is -1.50. The zero-order valence-corrected chi connectivity index (χ0v) is 12.2. The van der Waals surface area contributed by atoms with Crippen LogP contribution in [0.5, 0.6) is 0 Å². The minimum absolute atomic E-state index is 0.488. The molecule has 0 saturated carbocycles. The first-order valence-electron chi connectivity index (χ1n) is 8.06. The quantitative estimate of drug-likeness (QED) is 0.698. The molecule has 0 amide bonds. The van der Waals surface area contributed by atoms with Crippen molar-refractivity contribution < 1.29 is 0 Å². The number of hydrogen-bond acceptors (Lipinski definition) is 1. The van der Waals surface area contributed by atoms with Gasteiger partial charge in [0.05, 0.1) is 6.04 Å². The molecular weight excluding hydrogens is 242 g/mol. The van der Waals surface area contributed by atoms with Crippen LogP contribution in [0.25, 0.3) is 0 Å². The molecule has 1 heteroatoms. The second-order valence-electron chi connectivity index (χ2n) is 6.60. The summed E-state index contributed by atoms with van der Waals surface area (Å²) >= 11 is 0. The van der Waals surface area contributed by atoms with E-state index in [1.54, 1.807) is 0 Å². The van der Waals surface area contributed by atoms with Crippen molar-refractivity contribution in [3.63, 3.8) is 0 Å². The third-order valence-corrected chi connectivity index (χ3v) is 5.21. The molecule has 1 N–H and O–H groups in total. The molecule has 0 aromatic carbocycles. The zero-order chi connectivity index (χ0) is 13.5. The molecule has 0 radical (unpaired) electrons. The largest absolute Gasteiger partial charge is 0.381 e. The predicted molar refractivity (Wildman–Crippen MR) is 84.1 cm³/mol. The Morgan fingerprint density at radius 2 is 2.10 bits per heavy atom. The fourth-order valence-electron chi connectivity index (χ4n) is 4.05. The summed E-state index contributed by atoms with van der Waals surface area (Å²) in [5.74, 6) is 1.86. The summed E-state index contributed by atoms with van der Waals surface area (Å²) in [5.41, 5.74) is 4.56. The van der Waals surface area contributed by atoms with Gasteiger partial charge in [-0.3, -0.25) is 0 Å². The fourth-order valence-corrected chi connectivity index (χ4v) is 4.05. The SMILES string of the molecule is CC1CC=CC2=C1NC1C=CC(C3C=CCCC3)=CC21. The summed E-state index contributed by atoms with van der Waals surface area (Å²) in [6, 6.07) is 0.488. The van der Waals surface area contributed by atoms with Crippen molar-refractivity contribution in [2.45, 2.75) is 38.6 Å². The molecule has 0 aromatic rings. The van der Waals surface area contributed by atoms with Crippen molar-refractivity contribution in [1.29, 1.82) is 0 Å². The van der Waals surface area contributed by atoms with Crippen molar-refractivity contribution in [2.75, 3.05) is 0 Å². The molecule has 4 atom stereocenters. The van der Waals surface area contributed by atoms with Crippen molar-refractivity contribution in [3.05, 3.63) is 59.4 Å². The van der Waals surface area contributed by atoms with E-state index in [4.69, 9.17) is 0 Å². The molecular formula is C19H23N. The average molecular weight is 265 g/mol. The van der Waals surface area contributed by atoms with Gasteiger partial charge in [-0.25, -0.2) is 0 Å². The van der Waals surface area contributed by atoms with Gasteiger partial charge in [-0.15, -0.1) is 0 Å². The smallest absolute Gasteiger partial charge is 0.0549 e. The monoisotopic (exact) mass is 265 g/mol. The molecule has 0 saturated heterocycles. The Morgan fingerprint density at radius 3 is 2.95 bits per heavy atom. The number of hydrogen-bond donors (Lipinski definition) is 1. The lowest BCUT2D eigenvalue weighted by molar-refractivity contribution is 0.565. The van der Waals surface area contributed by atoms with Crippen molar-refractivity contribution in [2.24, 2.45) is 17.8 Å². The first kappa shape index (κ1) is 12.3. The standard InChI is InChI=1S/C19H23N/c1-13-6-5-9-16-17-12-15(14-7-3-2-4-8-14)10-11-18(17)20-19(13)16/h3,5,7,9-14,17-18,20H,2,4,6,8H2,1H3. The molecule has 3 aliphatic carbocycles. The van der Waals surface area contributed by atoms with Gasteiger partial charge in [0, 0.05) is 17.5 Å². The van der Waals surface area contributed by atoms with E-state index in [9.17, 15) is 0 Å². The van der Waals surface area contributed by atoms with Crippen LogP contribution in [-0.2, 0) is 0 Å². The minimum atomic E-state index is 0.488. The van der Waals surface area contributed by atoms with Crippen LogP contribution in [0, 0.1) is 17.8 Å². The van der Waals surface area contributed by atoms with Gasteiger partial charge in [0.25, 0.3) is 0 Å². The van der Waals surface area contributed by atoms with Gasteiger partial charge < -0.3 is 5.32 Å². The number of allylic oxidation sites excluding steroid dienone is 7. The lowest BCUT2D eigenvalue weighted by Gasteiger charge is -2.25. The highest BCUT2D eigenvalue weighted by atomic mass is 15.0. The molecule has 0 spiro atoms. The molecule has 1 aliphatic heterocycles. The highest BCUT2D eigenvalue weighted by molar-refractivity contribution is 5.47. The molecule has 20 heavy (non-hydrogen) atoms. The Bertz CT molecular complexity index is 558. The predicted octanol–water partition coefficient (Wildman–Crippen LogP) is 4.28. The van der Waals surface area contributed by atoms with Gasteiger partial charge in [0.15, 0.2) is 0 Å². The third-order valence-electron chi connectivity index (χ3n) is 5.21. The van der Waals surface area contributed by atoms with Crippen LogP contribution in [0.2, 0.25) is 0 Å². The summed E-state index contributed by atoms with van der Waals surface area (Å²) in [5, 5.41) is 3.75. The van der Waals surface area contributed by atoms with Gasteiger partial charge in [0.1, 0.15) is 0 Å². The molecule has 4 rings (SSSR count). The second-order valence-corrected chi connectivity index (χ2v) is 6.60. The van der Waals surface area contributed by atoms with Crippen LogP contribution in [0.15, 0.2) is 59.4 Å². The summed E-state index contributed by atoms with van der Waals surface area (Å²) in [6.45, 7) is 2.33. The van der Waals surface area contributed by atoms with E-state index in [1.807, 2.05) is 0 Å². The van der Waals surface area contributed by atoms with E-state index in [-0.39, 0.29) is 0 Å². The number of fused-ring (bicyclic) bond motifs is 2. The fraction of sp³-hybridized carbons (Fsp3) is 0.474. The van der Waals surface area contributed by atoms with E-state index in [0.717, 1.165) is 0 Å².